The third-order valence-corrected chi connectivity index (χ3v) is 5.00. The summed E-state index contributed by atoms with van der Waals surface area (Å²) in [5.74, 6) is 0.0892. The van der Waals surface area contributed by atoms with Crippen LogP contribution in [0.15, 0.2) is 59.9 Å². The van der Waals surface area contributed by atoms with Crippen molar-refractivity contribution in [1.29, 1.82) is 0 Å². The standard InChI is InChI=1S/C22H17FN4O2/c23-17-9-16-10-18(13-17)29-22(26-21-19(11-16)24-6-7-25-21)27-8-5-14-1-3-15(4-2-14)12-20(27)28/h1-4,6-7,9-10,13H,5,8,11-12H2. The molecule has 0 radical (unpaired) electrons. The number of hydrogen-bond donors (Lipinski definition) is 0. The Balaban J connectivity index is 1.61. The maximum Gasteiger partial charge on any atom is 0.306 e. The number of amides is 1. The largest absolute Gasteiger partial charge is 0.425 e. The monoisotopic (exact) mass is 388 g/mol. The molecular formula is C22H17FN4O2. The number of nitrogens with zero attached hydrogens (tertiary/aromatic N) is 4. The second-order valence-corrected chi connectivity index (χ2v) is 7.08. The Hall–Kier alpha value is -3.61. The predicted octanol–water partition coefficient (Wildman–Crippen LogP) is 3.21. The molecular weight excluding hydrogens is 371 g/mol. The van der Waals surface area contributed by atoms with E-state index < -0.39 is 5.82 Å². The highest BCUT2D eigenvalue weighted by molar-refractivity contribution is 5.97. The van der Waals surface area contributed by atoms with Crippen LogP contribution in [0, 0.1) is 5.82 Å². The average Bonchev–Trinajstić information content (AvgIpc) is 2.84. The quantitative estimate of drug-likeness (QED) is 0.593. The third-order valence-electron chi connectivity index (χ3n) is 5.00. The zero-order chi connectivity index (χ0) is 19.8. The van der Waals surface area contributed by atoms with E-state index in [1.54, 1.807) is 12.3 Å². The molecule has 0 aliphatic carbocycles. The lowest BCUT2D eigenvalue weighted by molar-refractivity contribution is -0.127. The number of rotatable bonds is 0. The van der Waals surface area contributed by atoms with Gasteiger partial charge in [0.2, 0.25) is 5.91 Å². The zero-order valence-electron chi connectivity index (χ0n) is 15.5. The van der Waals surface area contributed by atoms with Crippen LogP contribution in [-0.2, 0) is 24.1 Å². The Bertz CT molecular complexity index is 1130. The predicted molar refractivity (Wildman–Crippen MR) is 105 cm³/mol. The molecule has 0 spiro atoms. The summed E-state index contributed by atoms with van der Waals surface area (Å²) < 4.78 is 20.1. The molecule has 3 aliphatic rings. The molecule has 3 aromatic rings. The smallest absolute Gasteiger partial charge is 0.306 e. The minimum Gasteiger partial charge on any atom is -0.425 e. The molecule has 0 saturated carbocycles. The fourth-order valence-electron chi connectivity index (χ4n) is 3.55. The van der Waals surface area contributed by atoms with E-state index in [9.17, 15) is 9.18 Å². The Kier molecular flexibility index (Phi) is 4.27. The van der Waals surface area contributed by atoms with Crippen LogP contribution in [-0.4, -0.2) is 33.3 Å². The first kappa shape index (κ1) is 17.5. The number of halogens is 1. The van der Waals surface area contributed by atoms with Crippen molar-refractivity contribution in [3.05, 3.63) is 83.1 Å². The van der Waals surface area contributed by atoms with Crippen molar-refractivity contribution in [3.63, 3.8) is 0 Å². The van der Waals surface area contributed by atoms with Gasteiger partial charge in [0, 0.05) is 31.4 Å². The molecule has 0 saturated heterocycles. The highest BCUT2D eigenvalue weighted by atomic mass is 19.1. The van der Waals surface area contributed by atoms with Gasteiger partial charge >= 0.3 is 6.02 Å². The van der Waals surface area contributed by atoms with Gasteiger partial charge in [0.15, 0.2) is 5.82 Å². The molecule has 6 nitrogen and oxygen atoms in total. The van der Waals surface area contributed by atoms with E-state index in [4.69, 9.17) is 4.74 Å². The Morgan fingerprint density at radius 1 is 0.931 bits per heavy atom. The molecule has 0 atom stereocenters. The molecule has 7 heteroatoms. The fourth-order valence-corrected chi connectivity index (χ4v) is 3.55. The molecule has 4 bridgehead atoms. The van der Waals surface area contributed by atoms with Crippen molar-refractivity contribution in [2.75, 3.05) is 6.54 Å². The summed E-state index contributed by atoms with van der Waals surface area (Å²) in [4.78, 5) is 27.8. The van der Waals surface area contributed by atoms with Gasteiger partial charge in [-0.2, -0.15) is 4.99 Å². The van der Waals surface area contributed by atoms with Gasteiger partial charge in [0.05, 0.1) is 12.1 Å². The average molecular weight is 388 g/mol. The summed E-state index contributed by atoms with van der Waals surface area (Å²) in [7, 11) is 0. The molecule has 6 rings (SSSR count). The molecule has 1 amide bonds. The van der Waals surface area contributed by atoms with Crippen LogP contribution >= 0.6 is 0 Å². The van der Waals surface area contributed by atoms with Gasteiger partial charge in [0.25, 0.3) is 0 Å². The Labute approximate surface area is 166 Å². The topological polar surface area (TPSA) is 67.7 Å². The van der Waals surface area contributed by atoms with Crippen LogP contribution in [0.25, 0.3) is 0 Å². The molecule has 144 valence electrons. The van der Waals surface area contributed by atoms with E-state index >= 15 is 0 Å². The van der Waals surface area contributed by atoms with Crippen molar-refractivity contribution < 1.29 is 13.9 Å². The summed E-state index contributed by atoms with van der Waals surface area (Å²) >= 11 is 0. The van der Waals surface area contributed by atoms with Gasteiger partial charge in [-0.25, -0.2) is 9.37 Å². The summed E-state index contributed by atoms with van der Waals surface area (Å²) in [5.41, 5.74) is 3.33. The molecule has 0 N–H and O–H groups in total. The molecule has 2 aromatic carbocycles. The number of carbonyl (C=O) groups is 1. The van der Waals surface area contributed by atoms with Crippen LogP contribution in [0.3, 0.4) is 0 Å². The second kappa shape index (κ2) is 7.09. The lowest BCUT2D eigenvalue weighted by Crippen LogP contribution is -2.42. The summed E-state index contributed by atoms with van der Waals surface area (Å²) in [6.07, 6.45) is 4.35. The molecule has 1 aromatic heterocycles. The van der Waals surface area contributed by atoms with Gasteiger partial charge in [-0.1, -0.05) is 24.3 Å². The number of ether oxygens (including phenoxy) is 1. The van der Waals surface area contributed by atoms with Crippen LogP contribution in [0.2, 0.25) is 0 Å². The number of aromatic nitrogens is 2. The molecule has 3 aliphatic heterocycles. The van der Waals surface area contributed by atoms with Gasteiger partial charge < -0.3 is 4.74 Å². The maximum atomic E-state index is 14.1. The minimum absolute atomic E-state index is 0.0812. The number of fused-ring (bicyclic) bond motifs is 9. The normalized spacial score (nSPS) is 15.7. The van der Waals surface area contributed by atoms with E-state index in [0.29, 0.717) is 42.2 Å². The van der Waals surface area contributed by atoms with Crippen LogP contribution < -0.4 is 4.74 Å². The van der Waals surface area contributed by atoms with Crippen molar-refractivity contribution >= 4 is 17.7 Å². The molecule has 29 heavy (non-hydrogen) atoms. The Morgan fingerprint density at radius 2 is 1.72 bits per heavy atom. The van der Waals surface area contributed by atoms with Crippen molar-refractivity contribution in [1.82, 2.24) is 14.9 Å². The van der Waals surface area contributed by atoms with E-state index in [2.05, 4.69) is 15.0 Å². The first-order valence-corrected chi connectivity index (χ1v) is 9.38. The van der Waals surface area contributed by atoms with Crippen molar-refractivity contribution in [2.24, 2.45) is 4.99 Å². The molecule has 0 unspecified atom stereocenters. The van der Waals surface area contributed by atoms with Gasteiger partial charge in [0.1, 0.15) is 11.6 Å². The van der Waals surface area contributed by atoms with E-state index in [0.717, 1.165) is 11.1 Å². The maximum absolute atomic E-state index is 14.1. The minimum atomic E-state index is -0.419. The number of benzene rings is 2. The number of amidine groups is 1. The SMILES string of the molecule is O=C1Cc2ccc(cc2)CCN1C1=Nc2nccnc2Cc2cc(F)cc(c2)O1. The highest BCUT2D eigenvalue weighted by Crippen LogP contribution is 2.26. The summed E-state index contributed by atoms with van der Waals surface area (Å²) in [6.45, 7) is 0.396. The summed E-state index contributed by atoms with van der Waals surface area (Å²) in [5, 5.41) is 0. The number of aliphatic imine (C=N–C) groups is 1. The van der Waals surface area contributed by atoms with Gasteiger partial charge in [-0.05, 0) is 35.2 Å². The fraction of sp³-hybridized carbons (Fsp3) is 0.182. The van der Waals surface area contributed by atoms with Gasteiger partial charge in [-0.3, -0.25) is 14.7 Å². The van der Waals surface area contributed by atoms with E-state index in [1.165, 1.54) is 23.2 Å². The summed E-state index contributed by atoms with van der Waals surface area (Å²) in [6, 6.07) is 12.5. The third kappa shape index (κ3) is 3.59. The lowest BCUT2D eigenvalue weighted by Gasteiger charge is -2.23. The van der Waals surface area contributed by atoms with Crippen molar-refractivity contribution in [3.8, 4) is 5.75 Å². The van der Waals surface area contributed by atoms with E-state index in [-0.39, 0.29) is 18.3 Å². The second-order valence-electron chi connectivity index (χ2n) is 7.08. The van der Waals surface area contributed by atoms with Crippen LogP contribution in [0.4, 0.5) is 10.2 Å². The lowest BCUT2D eigenvalue weighted by atomic mass is 10.1. The van der Waals surface area contributed by atoms with E-state index in [1.807, 2.05) is 24.3 Å². The zero-order valence-corrected chi connectivity index (χ0v) is 15.5. The van der Waals surface area contributed by atoms with Crippen LogP contribution in [0.1, 0.15) is 22.4 Å². The highest BCUT2D eigenvalue weighted by Gasteiger charge is 2.25. The Morgan fingerprint density at radius 3 is 2.59 bits per heavy atom. The molecule has 4 heterocycles. The first-order chi connectivity index (χ1) is 14.1. The number of carbonyl (C=O) groups excluding carboxylic acids is 1. The molecule has 0 fully saturated rings. The first-order valence-electron chi connectivity index (χ1n) is 9.38. The number of hydrogen-bond acceptors (Lipinski definition) is 5. The van der Waals surface area contributed by atoms with Crippen LogP contribution in [0.5, 0.6) is 5.75 Å². The van der Waals surface area contributed by atoms with Gasteiger partial charge in [-0.15, -0.1) is 0 Å². The van der Waals surface area contributed by atoms with Crippen molar-refractivity contribution in [2.45, 2.75) is 19.3 Å².